The quantitative estimate of drug-likeness (QED) is 0.529. The van der Waals surface area contributed by atoms with Crippen molar-refractivity contribution in [3.8, 4) is 11.1 Å². The lowest BCUT2D eigenvalue weighted by atomic mass is 10.0. The third-order valence-electron chi connectivity index (χ3n) is 5.35. The van der Waals surface area contributed by atoms with Crippen LogP contribution in [0.3, 0.4) is 0 Å². The van der Waals surface area contributed by atoms with Crippen LogP contribution >= 0.6 is 0 Å². The van der Waals surface area contributed by atoms with E-state index in [4.69, 9.17) is 9.15 Å². The summed E-state index contributed by atoms with van der Waals surface area (Å²) in [7, 11) is 0. The first-order valence-corrected chi connectivity index (χ1v) is 10.3. The van der Waals surface area contributed by atoms with Gasteiger partial charge in [0, 0.05) is 24.6 Å². The molecular formula is C23H22F2N2O4. The molecule has 162 valence electrons. The lowest BCUT2D eigenvalue weighted by Crippen LogP contribution is -2.31. The maximum absolute atomic E-state index is 14.1. The van der Waals surface area contributed by atoms with Crippen molar-refractivity contribution in [2.75, 3.05) is 13.2 Å². The van der Waals surface area contributed by atoms with Crippen LogP contribution in [0.15, 0.2) is 40.8 Å². The van der Waals surface area contributed by atoms with Crippen molar-refractivity contribution in [2.45, 2.75) is 38.6 Å². The van der Waals surface area contributed by atoms with Crippen LogP contribution in [0.25, 0.3) is 22.2 Å². The van der Waals surface area contributed by atoms with Crippen molar-refractivity contribution in [2.24, 2.45) is 0 Å². The van der Waals surface area contributed by atoms with Crippen molar-refractivity contribution < 1.29 is 27.5 Å². The molecule has 1 aliphatic heterocycles. The Labute approximate surface area is 177 Å². The van der Waals surface area contributed by atoms with Gasteiger partial charge in [-0.05, 0) is 49.6 Å². The molecule has 0 N–H and O–H groups in total. The van der Waals surface area contributed by atoms with Gasteiger partial charge in [-0.25, -0.2) is 13.8 Å². The Morgan fingerprint density at radius 1 is 1.19 bits per heavy atom. The maximum Gasteiger partial charge on any atom is 0.306 e. The van der Waals surface area contributed by atoms with E-state index in [0.29, 0.717) is 35.5 Å². The van der Waals surface area contributed by atoms with E-state index < -0.39 is 17.6 Å². The number of amides is 1. The zero-order chi connectivity index (χ0) is 22.0. The largest absolute Gasteiger partial charge is 0.466 e. The lowest BCUT2D eigenvalue weighted by molar-refractivity contribution is -0.146. The molecule has 0 spiro atoms. The molecule has 1 amide bonds. The van der Waals surface area contributed by atoms with E-state index in [-0.39, 0.29) is 37.0 Å². The molecule has 1 fully saturated rings. The van der Waals surface area contributed by atoms with Gasteiger partial charge in [0.05, 0.1) is 13.0 Å². The first-order valence-electron chi connectivity index (χ1n) is 10.3. The van der Waals surface area contributed by atoms with Gasteiger partial charge in [0.25, 0.3) is 0 Å². The fourth-order valence-corrected chi connectivity index (χ4v) is 3.89. The molecule has 0 radical (unpaired) electrons. The van der Waals surface area contributed by atoms with Gasteiger partial charge in [0.1, 0.15) is 23.2 Å². The number of aromatic nitrogens is 1. The number of halogens is 2. The first-order chi connectivity index (χ1) is 15.0. The third kappa shape index (κ3) is 4.42. The highest BCUT2D eigenvalue weighted by Gasteiger charge is 2.33. The number of rotatable bonds is 6. The van der Waals surface area contributed by atoms with Gasteiger partial charge < -0.3 is 14.1 Å². The van der Waals surface area contributed by atoms with E-state index in [2.05, 4.69) is 4.98 Å². The number of carbonyl (C=O) groups excluding carboxylic acids is 2. The molecule has 0 saturated carbocycles. The van der Waals surface area contributed by atoms with Crippen LogP contribution in [0.2, 0.25) is 0 Å². The Bertz CT molecular complexity index is 1130. The number of fused-ring (bicyclic) bond motifs is 1. The number of hydrogen-bond acceptors (Lipinski definition) is 5. The zero-order valence-electron chi connectivity index (χ0n) is 17.1. The molecule has 1 aliphatic rings. The van der Waals surface area contributed by atoms with Crippen LogP contribution in [0.1, 0.15) is 44.5 Å². The predicted molar refractivity (Wildman–Crippen MR) is 109 cm³/mol. The molecule has 31 heavy (non-hydrogen) atoms. The average molecular weight is 428 g/mol. The zero-order valence-corrected chi connectivity index (χ0v) is 17.1. The van der Waals surface area contributed by atoms with Crippen molar-refractivity contribution in [1.29, 1.82) is 0 Å². The third-order valence-corrected chi connectivity index (χ3v) is 5.35. The molecule has 0 aliphatic carbocycles. The van der Waals surface area contributed by atoms with Crippen LogP contribution in [0, 0.1) is 11.6 Å². The Balaban J connectivity index is 1.55. The Hall–Kier alpha value is -3.29. The fraction of sp³-hybridized carbons (Fsp3) is 0.348. The SMILES string of the molecule is CCOC(=O)CCC(=O)N1CCCC1c1nc2cc(-c3ccc(F)cc3F)ccc2o1. The molecule has 0 bridgehead atoms. The molecular weight excluding hydrogens is 406 g/mol. The smallest absolute Gasteiger partial charge is 0.306 e. The number of benzene rings is 2. The van der Waals surface area contributed by atoms with Gasteiger partial charge in [-0.3, -0.25) is 9.59 Å². The van der Waals surface area contributed by atoms with Gasteiger partial charge in [-0.2, -0.15) is 0 Å². The number of oxazole rings is 1. The molecule has 3 aromatic rings. The molecule has 1 aromatic heterocycles. The molecule has 2 aromatic carbocycles. The molecule has 8 heteroatoms. The molecule has 1 saturated heterocycles. The summed E-state index contributed by atoms with van der Waals surface area (Å²) in [6, 6.07) is 8.17. The van der Waals surface area contributed by atoms with E-state index in [1.165, 1.54) is 12.1 Å². The molecule has 1 unspecified atom stereocenters. The summed E-state index contributed by atoms with van der Waals surface area (Å²) < 4.78 is 38.1. The normalized spacial score (nSPS) is 16.1. The molecule has 1 atom stereocenters. The minimum Gasteiger partial charge on any atom is -0.466 e. The summed E-state index contributed by atoms with van der Waals surface area (Å²) in [5, 5.41) is 0. The summed E-state index contributed by atoms with van der Waals surface area (Å²) in [5.41, 5.74) is 1.87. The van der Waals surface area contributed by atoms with E-state index in [1.807, 2.05) is 0 Å². The van der Waals surface area contributed by atoms with Gasteiger partial charge in [0.2, 0.25) is 11.8 Å². The second-order valence-electron chi connectivity index (χ2n) is 7.41. The summed E-state index contributed by atoms with van der Waals surface area (Å²) in [6.45, 7) is 2.57. The number of carbonyl (C=O) groups is 2. The van der Waals surface area contributed by atoms with E-state index in [0.717, 1.165) is 12.5 Å². The minimum absolute atomic E-state index is 0.0377. The maximum atomic E-state index is 14.1. The highest BCUT2D eigenvalue weighted by Crippen LogP contribution is 2.35. The van der Waals surface area contributed by atoms with E-state index in [9.17, 15) is 18.4 Å². The first kappa shape index (κ1) is 21.0. The molecule has 4 rings (SSSR count). The second-order valence-corrected chi connectivity index (χ2v) is 7.41. The number of esters is 1. The number of hydrogen-bond donors (Lipinski definition) is 0. The van der Waals surface area contributed by atoms with Crippen molar-refractivity contribution in [1.82, 2.24) is 9.88 Å². The highest BCUT2D eigenvalue weighted by atomic mass is 19.1. The number of ether oxygens (including phenoxy) is 1. The van der Waals surface area contributed by atoms with Crippen LogP contribution in [-0.4, -0.2) is 34.9 Å². The summed E-state index contributed by atoms with van der Waals surface area (Å²) in [4.78, 5) is 30.4. The standard InChI is InChI=1S/C23H22F2N2O4/c1-2-30-22(29)10-9-21(28)27-11-3-4-19(27)23-26-18-12-14(5-8-20(18)31-23)16-7-6-15(24)13-17(16)25/h5-8,12-13,19H,2-4,9-11H2,1H3. The second kappa shape index (κ2) is 8.83. The van der Waals surface area contributed by atoms with Crippen LogP contribution < -0.4 is 0 Å². The van der Waals surface area contributed by atoms with Gasteiger partial charge in [0.15, 0.2) is 5.58 Å². The number of likely N-dealkylation sites (tertiary alicyclic amines) is 1. The van der Waals surface area contributed by atoms with Crippen molar-refractivity contribution >= 4 is 23.0 Å². The van der Waals surface area contributed by atoms with Crippen LogP contribution in [0.4, 0.5) is 8.78 Å². The molecule has 6 nitrogen and oxygen atoms in total. The van der Waals surface area contributed by atoms with Gasteiger partial charge >= 0.3 is 5.97 Å². The Morgan fingerprint density at radius 3 is 2.81 bits per heavy atom. The Kier molecular flexibility index (Phi) is 5.97. The van der Waals surface area contributed by atoms with Crippen molar-refractivity contribution in [3.05, 3.63) is 53.9 Å². The predicted octanol–water partition coefficient (Wildman–Crippen LogP) is 4.78. The van der Waals surface area contributed by atoms with Gasteiger partial charge in [-0.1, -0.05) is 6.07 Å². The minimum atomic E-state index is -0.655. The summed E-state index contributed by atoms with van der Waals surface area (Å²) >= 11 is 0. The van der Waals surface area contributed by atoms with Crippen LogP contribution in [-0.2, 0) is 14.3 Å². The fourth-order valence-electron chi connectivity index (χ4n) is 3.89. The van der Waals surface area contributed by atoms with Crippen molar-refractivity contribution in [3.63, 3.8) is 0 Å². The topological polar surface area (TPSA) is 72.6 Å². The monoisotopic (exact) mass is 428 g/mol. The van der Waals surface area contributed by atoms with Crippen LogP contribution in [0.5, 0.6) is 0 Å². The number of nitrogens with zero attached hydrogens (tertiary/aromatic N) is 2. The summed E-state index contributed by atoms with van der Waals surface area (Å²) in [6.07, 6.45) is 1.62. The molecule has 2 heterocycles. The van der Waals surface area contributed by atoms with Gasteiger partial charge in [-0.15, -0.1) is 0 Å². The average Bonchev–Trinajstić information content (AvgIpc) is 3.38. The highest BCUT2D eigenvalue weighted by molar-refractivity contribution is 5.83. The summed E-state index contributed by atoms with van der Waals surface area (Å²) in [5.74, 6) is -1.42. The Morgan fingerprint density at radius 2 is 2.03 bits per heavy atom. The van der Waals surface area contributed by atoms with E-state index >= 15 is 0 Å². The van der Waals surface area contributed by atoms with E-state index in [1.54, 1.807) is 30.0 Å². The lowest BCUT2D eigenvalue weighted by Gasteiger charge is -2.22.